The fourth-order valence-electron chi connectivity index (χ4n) is 3.20. The van der Waals surface area contributed by atoms with E-state index in [0.717, 1.165) is 18.2 Å². The van der Waals surface area contributed by atoms with Gasteiger partial charge < -0.3 is 9.84 Å². The zero-order chi connectivity index (χ0) is 25.4. The Hall–Kier alpha value is -2.99. The van der Waals surface area contributed by atoms with Gasteiger partial charge in [-0.15, -0.1) is 13.2 Å². The molecule has 0 aliphatic heterocycles. The van der Waals surface area contributed by atoms with Crippen molar-refractivity contribution in [2.24, 2.45) is 0 Å². The van der Waals surface area contributed by atoms with Crippen LogP contribution in [0.5, 0.6) is 11.5 Å². The quantitative estimate of drug-likeness (QED) is 0.524. The summed E-state index contributed by atoms with van der Waals surface area (Å²) in [6.07, 6.45) is -4.02. The van der Waals surface area contributed by atoms with Gasteiger partial charge in [0.1, 0.15) is 27.4 Å². The summed E-state index contributed by atoms with van der Waals surface area (Å²) >= 11 is 0. The van der Waals surface area contributed by atoms with Crippen LogP contribution < -0.4 is 4.74 Å². The van der Waals surface area contributed by atoms with Crippen LogP contribution in [0.15, 0.2) is 46.2 Å². The van der Waals surface area contributed by atoms with Crippen molar-refractivity contribution in [1.82, 2.24) is 0 Å². The normalized spacial score (nSPS) is 13.5. The van der Waals surface area contributed by atoms with Gasteiger partial charge in [-0.3, -0.25) is 0 Å². The van der Waals surface area contributed by atoms with Gasteiger partial charge in [-0.2, -0.15) is 5.26 Å². The highest BCUT2D eigenvalue weighted by Crippen LogP contribution is 2.41. The van der Waals surface area contributed by atoms with Crippen LogP contribution in [0, 0.1) is 11.3 Å². The van der Waals surface area contributed by atoms with E-state index in [9.17, 15) is 32.0 Å². The number of phenolic OH excluding ortho intramolecular Hbond substituents is 1. The zero-order valence-corrected chi connectivity index (χ0v) is 20.0. The Bertz CT molecular complexity index is 1190. The number of sulfone groups is 1. The smallest absolute Gasteiger partial charge is 0.507 e. The highest BCUT2D eigenvalue weighted by molar-refractivity contribution is 7.95. The summed E-state index contributed by atoms with van der Waals surface area (Å²) in [4.78, 5) is -1.54. The Morgan fingerprint density at radius 1 is 1.00 bits per heavy atom. The molecule has 0 atom stereocenters. The lowest BCUT2D eigenvalue weighted by Crippen LogP contribution is -2.19. The standard InChI is InChI=1S/C24H26F3NO4S/c1-22(2,3)17-12-15(13-18(21(17)29)23(4,5)6)11-16(14-28)33(30,31)20-10-8-7-9-19(20)32-24(25,26)27/h7-13,29H,1-6H3. The Balaban J connectivity index is 2.76. The lowest BCUT2D eigenvalue weighted by atomic mass is 9.78. The molecule has 0 heterocycles. The summed E-state index contributed by atoms with van der Waals surface area (Å²) in [5.41, 5.74) is 0.379. The minimum Gasteiger partial charge on any atom is -0.507 e. The average Bonchev–Trinajstić information content (AvgIpc) is 2.64. The number of rotatable bonds is 4. The average molecular weight is 482 g/mol. The second-order valence-electron chi connectivity index (χ2n) is 9.58. The Labute approximate surface area is 192 Å². The molecule has 9 heteroatoms. The highest BCUT2D eigenvalue weighted by Gasteiger charge is 2.35. The molecule has 0 saturated carbocycles. The molecular formula is C24H26F3NO4S. The second-order valence-corrected chi connectivity index (χ2v) is 11.5. The van der Waals surface area contributed by atoms with E-state index in [1.54, 1.807) is 18.2 Å². The van der Waals surface area contributed by atoms with Gasteiger partial charge in [-0.25, -0.2) is 8.42 Å². The van der Waals surface area contributed by atoms with Crippen LogP contribution in [0.1, 0.15) is 58.2 Å². The molecule has 0 bridgehead atoms. The number of halogens is 3. The van der Waals surface area contributed by atoms with Gasteiger partial charge in [0.25, 0.3) is 0 Å². The molecule has 2 rings (SSSR count). The molecule has 0 aromatic heterocycles. The number of hydrogen-bond acceptors (Lipinski definition) is 5. The summed E-state index contributed by atoms with van der Waals surface area (Å²) in [5, 5.41) is 20.4. The molecule has 178 valence electrons. The van der Waals surface area contributed by atoms with Gasteiger partial charge in [-0.05, 0) is 46.7 Å². The Morgan fingerprint density at radius 3 is 1.91 bits per heavy atom. The molecule has 0 aliphatic rings. The number of para-hydroxylation sites is 1. The number of phenols is 1. The van der Waals surface area contributed by atoms with Crippen molar-refractivity contribution in [3.8, 4) is 17.6 Å². The molecule has 0 radical (unpaired) electrons. The van der Waals surface area contributed by atoms with Crippen LogP contribution in [-0.4, -0.2) is 19.9 Å². The van der Waals surface area contributed by atoms with E-state index < -0.39 is 42.6 Å². The number of allylic oxidation sites excluding steroid dienone is 1. The fraction of sp³-hybridized carbons (Fsp3) is 0.375. The molecule has 0 saturated heterocycles. The minimum atomic E-state index is -5.11. The van der Waals surface area contributed by atoms with Crippen molar-refractivity contribution in [2.75, 3.05) is 0 Å². The van der Waals surface area contributed by atoms with Gasteiger partial charge in [0.2, 0.25) is 9.84 Å². The number of aromatic hydroxyl groups is 1. The molecule has 5 nitrogen and oxygen atoms in total. The predicted molar refractivity (Wildman–Crippen MR) is 119 cm³/mol. The topological polar surface area (TPSA) is 87.4 Å². The number of alkyl halides is 3. The first-order valence-electron chi connectivity index (χ1n) is 9.97. The van der Waals surface area contributed by atoms with Crippen molar-refractivity contribution >= 4 is 15.9 Å². The third kappa shape index (κ3) is 6.08. The van der Waals surface area contributed by atoms with E-state index in [-0.39, 0.29) is 5.75 Å². The molecule has 2 aromatic rings. The molecule has 0 unspecified atom stereocenters. The summed E-state index contributed by atoms with van der Waals surface area (Å²) in [6, 6.07) is 8.96. The number of ether oxygens (including phenoxy) is 1. The third-order valence-corrected chi connectivity index (χ3v) is 6.51. The van der Waals surface area contributed by atoms with Crippen molar-refractivity contribution in [1.29, 1.82) is 5.26 Å². The monoisotopic (exact) mass is 481 g/mol. The van der Waals surface area contributed by atoms with Crippen molar-refractivity contribution in [3.05, 3.63) is 58.0 Å². The maximum Gasteiger partial charge on any atom is 0.573 e. The molecule has 33 heavy (non-hydrogen) atoms. The lowest BCUT2D eigenvalue weighted by Gasteiger charge is -2.28. The minimum absolute atomic E-state index is 0.0671. The second kappa shape index (κ2) is 8.75. The first-order valence-corrected chi connectivity index (χ1v) is 11.5. The summed E-state index contributed by atoms with van der Waals surface area (Å²) < 4.78 is 68.4. The number of benzene rings is 2. The maximum atomic E-state index is 13.1. The maximum absolute atomic E-state index is 13.1. The van der Waals surface area contributed by atoms with E-state index in [1.165, 1.54) is 12.1 Å². The number of hydrogen-bond donors (Lipinski definition) is 1. The zero-order valence-electron chi connectivity index (χ0n) is 19.2. The van der Waals surface area contributed by atoms with Gasteiger partial charge >= 0.3 is 6.36 Å². The fourth-order valence-corrected chi connectivity index (χ4v) is 4.49. The highest BCUT2D eigenvalue weighted by atomic mass is 32.2. The van der Waals surface area contributed by atoms with E-state index in [2.05, 4.69) is 4.74 Å². The summed E-state index contributed by atoms with van der Waals surface area (Å²) in [6.45, 7) is 11.2. The van der Waals surface area contributed by atoms with Crippen LogP contribution in [-0.2, 0) is 20.7 Å². The van der Waals surface area contributed by atoms with Gasteiger partial charge in [0, 0.05) is 11.1 Å². The van der Waals surface area contributed by atoms with Crippen molar-refractivity contribution in [2.45, 2.75) is 63.6 Å². The first kappa shape index (κ1) is 26.3. The molecule has 1 N–H and O–H groups in total. The van der Waals surface area contributed by atoms with E-state index in [0.29, 0.717) is 16.7 Å². The molecule has 2 aromatic carbocycles. The number of nitrogens with zero attached hydrogens (tertiary/aromatic N) is 1. The van der Waals surface area contributed by atoms with Crippen LogP contribution in [0.3, 0.4) is 0 Å². The lowest BCUT2D eigenvalue weighted by molar-refractivity contribution is -0.275. The van der Waals surface area contributed by atoms with Crippen LogP contribution in [0.2, 0.25) is 0 Å². The molecule has 0 fully saturated rings. The van der Waals surface area contributed by atoms with Crippen LogP contribution >= 0.6 is 0 Å². The van der Waals surface area contributed by atoms with Gasteiger partial charge in [-0.1, -0.05) is 53.7 Å². The van der Waals surface area contributed by atoms with Crippen LogP contribution in [0.4, 0.5) is 13.2 Å². The predicted octanol–water partition coefficient (Wildman–Crippen LogP) is 6.22. The van der Waals surface area contributed by atoms with Crippen molar-refractivity contribution < 1.29 is 31.4 Å². The van der Waals surface area contributed by atoms with E-state index in [4.69, 9.17) is 0 Å². The van der Waals surface area contributed by atoms with Gasteiger partial charge in [0.15, 0.2) is 0 Å². The van der Waals surface area contributed by atoms with Gasteiger partial charge in [0.05, 0.1) is 0 Å². The van der Waals surface area contributed by atoms with E-state index >= 15 is 0 Å². The summed E-state index contributed by atoms with van der Waals surface area (Å²) in [7, 11) is -4.65. The van der Waals surface area contributed by atoms with Crippen molar-refractivity contribution in [3.63, 3.8) is 0 Å². The van der Waals surface area contributed by atoms with E-state index in [1.807, 2.05) is 41.5 Å². The number of nitriles is 1. The van der Waals surface area contributed by atoms with Crippen LogP contribution in [0.25, 0.3) is 6.08 Å². The summed E-state index contributed by atoms with van der Waals surface area (Å²) in [5.74, 6) is -0.861. The SMILES string of the molecule is CC(C)(C)c1cc(C=C(C#N)S(=O)(=O)c2ccccc2OC(F)(F)F)cc(C(C)(C)C)c1O. The Kier molecular flexibility index (Phi) is 6.96. The molecule has 0 spiro atoms. The molecule has 0 amide bonds. The Morgan fingerprint density at radius 2 is 1.48 bits per heavy atom. The molecule has 0 aliphatic carbocycles. The first-order chi connectivity index (χ1) is 14.9. The molecular weight excluding hydrogens is 455 g/mol. The third-order valence-electron chi connectivity index (χ3n) is 4.81. The largest absolute Gasteiger partial charge is 0.573 e.